The first-order valence-electron chi connectivity index (χ1n) is 9.56. The summed E-state index contributed by atoms with van der Waals surface area (Å²) >= 11 is 0. The summed E-state index contributed by atoms with van der Waals surface area (Å²) in [5.41, 5.74) is 0.632. The Hall–Kier alpha value is -1.79. The predicted molar refractivity (Wildman–Crippen MR) is 105 cm³/mol. The van der Waals surface area contributed by atoms with Crippen LogP contribution in [-0.4, -0.2) is 56.7 Å². The number of nitrogens with zero attached hydrogens (tertiary/aromatic N) is 1. The summed E-state index contributed by atoms with van der Waals surface area (Å²) in [7, 11) is 3.19. The highest BCUT2D eigenvalue weighted by molar-refractivity contribution is 5.92. The molecule has 1 amide bonds. The Morgan fingerprint density at radius 1 is 1.23 bits per heavy atom. The number of likely N-dealkylation sites (tertiary alicyclic amines) is 1. The Morgan fingerprint density at radius 3 is 2.58 bits per heavy atom. The summed E-state index contributed by atoms with van der Waals surface area (Å²) in [4.78, 5) is 15.0. The quantitative estimate of drug-likeness (QED) is 0.669. The number of benzene rings is 1. The lowest BCUT2D eigenvalue weighted by molar-refractivity contribution is -0.116. The van der Waals surface area contributed by atoms with Crippen molar-refractivity contribution < 1.29 is 14.3 Å². The number of hydrogen-bond acceptors (Lipinski definition) is 5. The highest BCUT2D eigenvalue weighted by Gasteiger charge is 2.21. The Labute approximate surface area is 157 Å². The van der Waals surface area contributed by atoms with Gasteiger partial charge in [-0.1, -0.05) is 6.92 Å². The van der Waals surface area contributed by atoms with Gasteiger partial charge in [0.25, 0.3) is 0 Å². The van der Waals surface area contributed by atoms with Gasteiger partial charge in [-0.25, -0.2) is 0 Å². The largest absolute Gasteiger partial charge is 0.497 e. The van der Waals surface area contributed by atoms with Crippen LogP contribution in [0.5, 0.6) is 11.5 Å². The van der Waals surface area contributed by atoms with Crippen molar-refractivity contribution in [1.82, 2.24) is 10.2 Å². The van der Waals surface area contributed by atoms with Gasteiger partial charge in [0.1, 0.15) is 11.5 Å². The molecule has 6 heteroatoms. The number of ether oxygens (including phenoxy) is 2. The fourth-order valence-electron chi connectivity index (χ4n) is 3.44. The monoisotopic (exact) mass is 363 g/mol. The van der Waals surface area contributed by atoms with E-state index in [1.807, 2.05) is 6.07 Å². The zero-order chi connectivity index (χ0) is 18.9. The minimum atomic E-state index is -0.0363. The van der Waals surface area contributed by atoms with Gasteiger partial charge in [-0.2, -0.15) is 0 Å². The van der Waals surface area contributed by atoms with Crippen LogP contribution in [0.25, 0.3) is 0 Å². The van der Waals surface area contributed by atoms with Gasteiger partial charge < -0.3 is 20.1 Å². The Bertz CT molecular complexity index is 573. The molecule has 6 nitrogen and oxygen atoms in total. The second-order valence-electron chi connectivity index (χ2n) is 6.93. The number of nitrogens with one attached hydrogen (secondary N) is 2. The highest BCUT2D eigenvalue weighted by Crippen LogP contribution is 2.29. The smallest absolute Gasteiger partial charge is 0.226 e. The van der Waals surface area contributed by atoms with Gasteiger partial charge in [-0.15, -0.1) is 0 Å². The van der Waals surface area contributed by atoms with Gasteiger partial charge >= 0.3 is 0 Å². The van der Waals surface area contributed by atoms with E-state index in [1.54, 1.807) is 26.4 Å². The molecule has 1 aliphatic rings. The SMILES string of the molecule is CCC(CNC(C)CC(=O)Nc1cc(OC)ccc1OC)N1CCCC1. The van der Waals surface area contributed by atoms with Crippen molar-refractivity contribution >= 4 is 11.6 Å². The van der Waals surface area contributed by atoms with E-state index in [9.17, 15) is 4.79 Å². The van der Waals surface area contributed by atoms with Crippen LogP contribution in [0.15, 0.2) is 18.2 Å². The first-order valence-corrected chi connectivity index (χ1v) is 9.56. The van der Waals surface area contributed by atoms with Crippen molar-refractivity contribution in [2.24, 2.45) is 0 Å². The molecule has 1 heterocycles. The van der Waals surface area contributed by atoms with E-state index in [0.717, 1.165) is 13.0 Å². The van der Waals surface area contributed by atoms with Crippen molar-refractivity contribution in [3.8, 4) is 11.5 Å². The highest BCUT2D eigenvalue weighted by atomic mass is 16.5. The summed E-state index contributed by atoms with van der Waals surface area (Å²) in [6.07, 6.45) is 4.15. The zero-order valence-electron chi connectivity index (χ0n) is 16.5. The second kappa shape index (κ2) is 10.4. The zero-order valence-corrected chi connectivity index (χ0v) is 16.5. The summed E-state index contributed by atoms with van der Waals surface area (Å²) in [5, 5.41) is 6.45. The maximum absolute atomic E-state index is 12.4. The van der Waals surface area contributed by atoms with E-state index < -0.39 is 0 Å². The van der Waals surface area contributed by atoms with E-state index in [0.29, 0.717) is 29.6 Å². The molecule has 1 fully saturated rings. The van der Waals surface area contributed by atoms with Gasteiger partial charge in [0.15, 0.2) is 0 Å². The molecule has 1 saturated heterocycles. The Balaban J connectivity index is 1.83. The van der Waals surface area contributed by atoms with Crippen LogP contribution in [0.3, 0.4) is 0 Å². The molecule has 0 aliphatic carbocycles. The molecule has 26 heavy (non-hydrogen) atoms. The summed E-state index contributed by atoms with van der Waals surface area (Å²) in [6.45, 7) is 7.61. The Morgan fingerprint density at radius 2 is 1.96 bits per heavy atom. The van der Waals surface area contributed by atoms with Crippen LogP contribution in [0, 0.1) is 0 Å². The third-order valence-electron chi connectivity index (χ3n) is 5.00. The van der Waals surface area contributed by atoms with Crippen LogP contribution in [0.2, 0.25) is 0 Å². The van der Waals surface area contributed by atoms with Gasteiger partial charge in [0.2, 0.25) is 5.91 Å². The minimum Gasteiger partial charge on any atom is -0.497 e. The summed E-state index contributed by atoms with van der Waals surface area (Å²) < 4.78 is 10.5. The average Bonchev–Trinajstić information content (AvgIpc) is 3.16. The van der Waals surface area contributed by atoms with Gasteiger partial charge in [-0.05, 0) is 51.4 Å². The molecule has 2 atom stereocenters. The molecule has 0 saturated carbocycles. The summed E-state index contributed by atoms with van der Waals surface area (Å²) in [5.74, 6) is 1.27. The number of methoxy groups -OCH3 is 2. The fourth-order valence-corrected chi connectivity index (χ4v) is 3.44. The number of amides is 1. The maximum atomic E-state index is 12.4. The second-order valence-corrected chi connectivity index (χ2v) is 6.93. The first kappa shape index (κ1) is 20.5. The molecule has 1 aliphatic heterocycles. The van der Waals surface area contributed by atoms with Gasteiger partial charge in [0, 0.05) is 31.1 Å². The molecule has 2 rings (SSSR count). The first-order chi connectivity index (χ1) is 12.6. The van der Waals surface area contributed by atoms with Crippen molar-refractivity contribution in [2.45, 2.75) is 51.6 Å². The predicted octanol–water partition coefficient (Wildman–Crippen LogP) is 2.88. The molecular weight excluding hydrogens is 330 g/mol. The van der Waals surface area contributed by atoms with Crippen LogP contribution in [-0.2, 0) is 4.79 Å². The van der Waals surface area contributed by atoms with E-state index in [4.69, 9.17) is 9.47 Å². The molecule has 1 aromatic carbocycles. The topological polar surface area (TPSA) is 62.8 Å². The lowest BCUT2D eigenvalue weighted by Crippen LogP contribution is -2.43. The molecule has 2 unspecified atom stereocenters. The van der Waals surface area contributed by atoms with Crippen LogP contribution < -0.4 is 20.1 Å². The number of carbonyl (C=O) groups is 1. The van der Waals surface area contributed by atoms with E-state index in [-0.39, 0.29) is 11.9 Å². The fraction of sp³-hybridized carbons (Fsp3) is 0.650. The summed E-state index contributed by atoms with van der Waals surface area (Å²) in [6, 6.07) is 6.04. The molecule has 2 N–H and O–H groups in total. The van der Waals surface area contributed by atoms with E-state index in [2.05, 4.69) is 29.4 Å². The molecule has 0 bridgehead atoms. The lowest BCUT2D eigenvalue weighted by atomic mass is 10.1. The van der Waals surface area contributed by atoms with Crippen molar-refractivity contribution in [1.29, 1.82) is 0 Å². The van der Waals surface area contributed by atoms with E-state index >= 15 is 0 Å². The van der Waals surface area contributed by atoms with Crippen molar-refractivity contribution in [3.05, 3.63) is 18.2 Å². The lowest BCUT2D eigenvalue weighted by Gasteiger charge is -2.28. The molecular formula is C20H33N3O3. The van der Waals surface area contributed by atoms with E-state index in [1.165, 1.54) is 25.9 Å². The van der Waals surface area contributed by atoms with Gasteiger partial charge in [0.05, 0.1) is 19.9 Å². The number of carbonyl (C=O) groups excluding carboxylic acids is 1. The molecule has 1 aromatic rings. The normalized spacial score (nSPS) is 16.9. The Kier molecular flexibility index (Phi) is 8.19. The number of rotatable bonds is 10. The van der Waals surface area contributed by atoms with Gasteiger partial charge in [-0.3, -0.25) is 9.69 Å². The number of anilines is 1. The third-order valence-corrected chi connectivity index (χ3v) is 5.00. The molecule has 0 aromatic heterocycles. The molecule has 0 radical (unpaired) electrons. The van der Waals surface area contributed by atoms with Crippen LogP contribution in [0.4, 0.5) is 5.69 Å². The standard InChI is InChI=1S/C20H33N3O3/c1-5-16(23-10-6-7-11-23)14-21-15(2)12-20(24)22-18-13-17(25-3)8-9-19(18)26-4/h8-9,13,15-16,21H,5-7,10-12,14H2,1-4H3,(H,22,24). The molecule has 0 spiro atoms. The minimum absolute atomic E-state index is 0.0363. The maximum Gasteiger partial charge on any atom is 0.226 e. The van der Waals surface area contributed by atoms with Crippen LogP contribution >= 0.6 is 0 Å². The van der Waals surface area contributed by atoms with Crippen molar-refractivity contribution in [3.63, 3.8) is 0 Å². The van der Waals surface area contributed by atoms with Crippen molar-refractivity contribution in [2.75, 3.05) is 39.2 Å². The average molecular weight is 364 g/mol. The number of hydrogen-bond donors (Lipinski definition) is 2. The van der Waals surface area contributed by atoms with Crippen LogP contribution in [0.1, 0.15) is 39.5 Å². The molecule has 146 valence electrons. The third kappa shape index (κ3) is 5.88.